The summed E-state index contributed by atoms with van der Waals surface area (Å²) in [6.07, 6.45) is 3.67. The number of nitrogens with zero attached hydrogens (tertiary/aromatic N) is 3. The Morgan fingerprint density at radius 3 is 3.00 bits per heavy atom. The van der Waals surface area contributed by atoms with Crippen molar-refractivity contribution in [3.05, 3.63) is 23.1 Å². The van der Waals surface area contributed by atoms with Crippen LogP contribution >= 0.6 is 23.4 Å². The van der Waals surface area contributed by atoms with Gasteiger partial charge in [-0.2, -0.15) is 0 Å². The predicted molar refractivity (Wildman–Crippen MR) is 55.7 cm³/mol. The van der Waals surface area contributed by atoms with Crippen molar-refractivity contribution in [3.8, 4) is 0 Å². The molecule has 0 radical (unpaired) electrons. The van der Waals surface area contributed by atoms with Crippen molar-refractivity contribution in [2.75, 3.05) is 6.26 Å². The predicted octanol–water partition coefficient (Wildman–Crippen LogP) is 1.60. The topological polar surface area (TPSA) is 50.4 Å². The van der Waals surface area contributed by atoms with Crippen molar-refractivity contribution < 1.29 is 5.11 Å². The molecule has 1 N–H and O–H groups in total. The molecule has 2 rings (SSSR count). The molecule has 0 aliphatic heterocycles. The molecule has 0 amide bonds. The lowest BCUT2D eigenvalue weighted by Gasteiger charge is -2.00. The molecule has 0 fully saturated rings. The molecule has 0 saturated heterocycles. The summed E-state index contributed by atoms with van der Waals surface area (Å²) in [6.45, 7) is -0.0763. The fourth-order valence-electron chi connectivity index (χ4n) is 1.20. The first-order valence-corrected chi connectivity index (χ1v) is 5.54. The first-order valence-electron chi connectivity index (χ1n) is 3.94. The second kappa shape index (κ2) is 3.76. The highest BCUT2D eigenvalue weighted by atomic mass is 35.5. The second-order valence-corrected chi connectivity index (χ2v) is 3.84. The van der Waals surface area contributed by atoms with Crippen LogP contribution in [0.25, 0.3) is 5.65 Å². The van der Waals surface area contributed by atoms with Gasteiger partial charge >= 0.3 is 0 Å². The number of thioether (sulfide) groups is 1. The highest BCUT2D eigenvalue weighted by molar-refractivity contribution is 7.98. The van der Waals surface area contributed by atoms with E-state index in [0.717, 1.165) is 5.16 Å². The van der Waals surface area contributed by atoms with E-state index in [-0.39, 0.29) is 6.61 Å². The molecule has 0 unspecified atom stereocenters. The van der Waals surface area contributed by atoms with Gasteiger partial charge in [-0.15, -0.1) is 0 Å². The minimum Gasteiger partial charge on any atom is -0.390 e. The van der Waals surface area contributed by atoms with E-state index in [0.29, 0.717) is 16.5 Å². The summed E-state index contributed by atoms with van der Waals surface area (Å²) in [5.41, 5.74) is 1.32. The summed E-state index contributed by atoms with van der Waals surface area (Å²) in [7, 11) is 0. The largest absolute Gasteiger partial charge is 0.390 e. The molecule has 0 aliphatic carbocycles. The van der Waals surface area contributed by atoms with Crippen molar-refractivity contribution in [3.63, 3.8) is 0 Å². The minimum absolute atomic E-state index is 0.0763. The third kappa shape index (κ3) is 1.58. The molecule has 2 aromatic rings. The van der Waals surface area contributed by atoms with Gasteiger partial charge in [0.25, 0.3) is 0 Å². The van der Waals surface area contributed by atoms with Gasteiger partial charge in [-0.1, -0.05) is 23.4 Å². The number of aliphatic hydroxyl groups excluding tert-OH is 1. The van der Waals surface area contributed by atoms with Crippen molar-refractivity contribution in [2.24, 2.45) is 0 Å². The van der Waals surface area contributed by atoms with Crippen LogP contribution in [-0.4, -0.2) is 25.7 Å². The number of rotatable bonds is 2. The van der Waals surface area contributed by atoms with Crippen LogP contribution in [0.2, 0.25) is 5.15 Å². The van der Waals surface area contributed by atoms with Gasteiger partial charge in [0.1, 0.15) is 10.8 Å². The van der Waals surface area contributed by atoms with Gasteiger partial charge in [-0.25, -0.2) is 9.97 Å². The second-order valence-electron chi connectivity index (χ2n) is 2.68. The monoisotopic (exact) mass is 229 g/mol. The Hall–Kier alpha value is -0.780. The molecular formula is C8H8ClN3OS. The van der Waals surface area contributed by atoms with Crippen molar-refractivity contribution >= 4 is 29.0 Å². The minimum atomic E-state index is -0.0763. The van der Waals surface area contributed by atoms with E-state index in [9.17, 15) is 0 Å². The molecule has 0 aliphatic rings. The SMILES string of the molecule is CSc1nc(Cl)cc2nc(CO)cn12. The molecule has 0 atom stereocenters. The summed E-state index contributed by atoms with van der Waals surface area (Å²) < 4.78 is 1.81. The van der Waals surface area contributed by atoms with E-state index >= 15 is 0 Å². The first kappa shape index (κ1) is 9.76. The van der Waals surface area contributed by atoms with E-state index in [1.54, 1.807) is 12.3 Å². The van der Waals surface area contributed by atoms with Crippen molar-refractivity contribution in [1.29, 1.82) is 0 Å². The Morgan fingerprint density at radius 2 is 2.36 bits per heavy atom. The summed E-state index contributed by atoms with van der Waals surface area (Å²) in [6, 6.07) is 1.67. The van der Waals surface area contributed by atoms with Crippen molar-refractivity contribution in [2.45, 2.75) is 11.8 Å². The standard InChI is InChI=1S/C8H8ClN3OS/c1-14-8-11-6(9)2-7-10-5(4-13)3-12(7)8/h2-3,13H,4H2,1H3. The molecule has 14 heavy (non-hydrogen) atoms. The highest BCUT2D eigenvalue weighted by Crippen LogP contribution is 2.19. The molecule has 2 heterocycles. The third-order valence-corrected chi connectivity index (χ3v) is 2.63. The summed E-state index contributed by atoms with van der Waals surface area (Å²) in [5, 5.41) is 10.1. The fraction of sp³-hybridized carbons (Fsp3) is 0.250. The van der Waals surface area contributed by atoms with Crippen LogP contribution in [0.5, 0.6) is 0 Å². The van der Waals surface area contributed by atoms with Crippen LogP contribution in [-0.2, 0) is 6.61 Å². The lowest BCUT2D eigenvalue weighted by atomic mass is 10.5. The first-order chi connectivity index (χ1) is 6.74. The van der Waals surface area contributed by atoms with Crippen LogP contribution in [0.3, 0.4) is 0 Å². The van der Waals surface area contributed by atoms with Crippen molar-refractivity contribution in [1.82, 2.24) is 14.4 Å². The number of aliphatic hydroxyl groups is 1. The zero-order valence-electron chi connectivity index (χ0n) is 7.44. The lowest BCUT2D eigenvalue weighted by Crippen LogP contribution is -1.92. The number of hydrogen-bond donors (Lipinski definition) is 1. The van der Waals surface area contributed by atoms with Crippen LogP contribution in [0.15, 0.2) is 17.4 Å². The molecule has 6 heteroatoms. The number of hydrogen-bond acceptors (Lipinski definition) is 4. The molecule has 0 aromatic carbocycles. The maximum atomic E-state index is 8.94. The van der Waals surface area contributed by atoms with E-state index in [4.69, 9.17) is 16.7 Å². The van der Waals surface area contributed by atoms with Gasteiger partial charge in [0.15, 0.2) is 5.16 Å². The summed E-state index contributed by atoms with van der Waals surface area (Å²) in [5.74, 6) is 0. The molecule has 2 aromatic heterocycles. The normalized spacial score (nSPS) is 11.1. The van der Waals surface area contributed by atoms with Gasteiger partial charge in [0, 0.05) is 12.3 Å². The average molecular weight is 230 g/mol. The van der Waals surface area contributed by atoms with Gasteiger partial charge in [-0.3, -0.25) is 4.40 Å². The Kier molecular flexibility index (Phi) is 2.62. The Balaban J connectivity index is 2.71. The summed E-state index contributed by atoms with van der Waals surface area (Å²) >= 11 is 7.30. The van der Waals surface area contributed by atoms with Gasteiger partial charge in [0.2, 0.25) is 0 Å². The number of fused-ring (bicyclic) bond motifs is 1. The van der Waals surface area contributed by atoms with Gasteiger partial charge in [0.05, 0.1) is 12.3 Å². The maximum Gasteiger partial charge on any atom is 0.174 e. The lowest BCUT2D eigenvalue weighted by molar-refractivity contribution is 0.277. The zero-order chi connectivity index (χ0) is 10.1. The Morgan fingerprint density at radius 1 is 1.57 bits per heavy atom. The van der Waals surface area contributed by atoms with Gasteiger partial charge < -0.3 is 5.11 Å². The van der Waals surface area contributed by atoms with Crippen LogP contribution in [0.4, 0.5) is 0 Å². The Labute approximate surface area is 89.9 Å². The quantitative estimate of drug-likeness (QED) is 0.483. The van der Waals surface area contributed by atoms with Crippen LogP contribution < -0.4 is 0 Å². The number of aromatic nitrogens is 3. The molecule has 0 spiro atoms. The van der Waals surface area contributed by atoms with E-state index in [1.165, 1.54) is 11.8 Å². The molecule has 0 bridgehead atoms. The highest BCUT2D eigenvalue weighted by Gasteiger charge is 2.06. The van der Waals surface area contributed by atoms with E-state index in [2.05, 4.69) is 9.97 Å². The third-order valence-electron chi connectivity index (χ3n) is 1.78. The fourth-order valence-corrected chi connectivity index (χ4v) is 1.96. The van der Waals surface area contributed by atoms with Gasteiger partial charge in [-0.05, 0) is 6.26 Å². The summed E-state index contributed by atoms with van der Waals surface area (Å²) in [4.78, 5) is 8.31. The molecule has 0 saturated carbocycles. The molecule has 74 valence electrons. The number of imidazole rings is 1. The van der Waals surface area contributed by atoms with Crippen LogP contribution in [0, 0.1) is 0 Å². The Bertz CT molecular complexity index is 471. The molecular weight excluding hydrogens is 222 g/mol. The smallest absolute Gasteiger partial charge is 0.174 e. The number of halogens is 1. The maximum absolute atomic E-state index is 8.94. The van der Waals surface area contributed by atoms with E-state index in [1.807, 2.05) is 10.7 Å². The molecule has 4 nitrogen and oxygen atoms in total. The van der Waals surface area contributed by atoms with E-state index < -0.39 is 0 Å². The zero-order valence-corrected chi connectivity index (χ0v) is 9.01. The van der Waals surface area contributed by atoms with Crippen LogP contribution in [0.1, 0.15) is 5.69 Å². The average Bonchev–Trinajstić information content (AvgIpc) is 2.59.